The summed E-state index contributed by atoms with van der Waals surface area (Å²) in [5, 5.41) is 9.91. The fourth-order valence-corrected chi connectivity index (χ4v) is 4.25. The summed E-state index contributed by atoms with van der Waals surface area (Å²) in [5.41, 5.74) is 2.10. The van der Waals surface area contributed by atoms with Crippen LogP contribution in [0.4, 0.5) is 0 Å². The standard InChI is InChI=1S/C21H25N5OS/c1-2-27-19-11-10-17(22-14-19)16-28-21-24-23-20(15-25-12-6-7-13-25)26(21)18-8-4-3-5-9-18/h3-5,8-11,14H,2,6-7,12-13,15-16H2,1H3. The first-order valence-corrected chi connectivity index (χ1v) is 10.7. The molecule has 7 heteroatoms. The minimum absolute atomic E-state index is 0.649. The van der Waals surface area contributed by atoms with E-state index in [-0.39, 0.29) is 0 Å². The monoisotopic (exact) mass is 395 g/mol. The maximum atomic E-state index is 5.47. The molecule has 0 aliphatic carbocycles. The van der Waals surface area contributed by atoms with Crippen LogP contribution in [-0.4, -0.2) is 44.3 Å². The molecule has 0 N–H and O–H groups in total. The lowest BCUT2D eigenvalue weighted by Gasteiger charge is -2.16. The van der Waals surface area contributed by atoms with Gasteiger partial charge in [-0.1, -0.05) is 30.0 Å². The molecule has 6 nitrogen and oxygen atoms in total. The molecule has 3 aromatic rings. The second-order valence-corrected chi connectivity index (χ2v) is 7.70. The van der Waals surface area contributed by atoms with E-state index < -0.39 is 0 Å². The van der Waals surface area contributed by atoms with Gasteiger partial charge in [-0.25, -0.2) is 0 Å². The van der Waals surface area contributed by atoms with E-state index in [0.29, 0.717) is 6.61 Å². The molecular weight excluding hydrogens is 370 g/mol. The van der Waals surface area contributed by atoms with Crippen LogP contribution in [0.5, 0.6) is 5.75 Å². The minimum Gasteiger partial charge on any atom is -0.492 e. The van der Waals surface area contributed by atoms with E-state index in [1.54, 1.807) is 18.0 Å². The van der Waals surface area contributed by atoms with Gasteiger partial charge in [-0.3, -0.25) is 14.5 Å². The first-order valence-electron chi connectivity index (χ1n) is 9.76. The number of pyridine rings is 1. The van der Waals surface area contributed by atoms with Gasteiger partial charge in [0.2, 0.25) is 0 Å². The van der Waals surface area contributed by atoms with Crippen molar-refractivity contribution in [3.8, 4) is 11.4 Å². The van der Waals surface area contributed by atoms with Gasteiger partial charge in [0.1, 0.15) is 5.75 Å². The lowest BCUT2D eigenvalue weighted by Crippen LogP contribution is -2.21. The quantitative estimate of drug-likeness (QED) is 0.538. The van der Waals surface area contributed by atoms with Crippen molar-refractivity contribution in [1.82, 2.24) is 24.6 Å². The van der Waals surface area contributed by atoms with Gasteiger partial charge in [0, 0.05) is 11.4 Å². The molecule has 28 heavy (non-hydrogen) atoms. The topological polar surface area (TPSA) is 56.1 Å². The van der Waals surface area contributed by atoms with Crippen LogP contribution in [0.3, 0.4) is 0 Å². The molecule has 1 aromatic carbocycles. The molecule has 0 unspecified atom stereocenters. The van der Waals surface area contributed by atoms with Gasteiger partial charge < -0.3 is 4.74 Å². The van der Waals surface area contributed by atoms with Crippen LogP contribution in [0.1, 0.15) is 31.3 Å². The van der Waals surface area contributed by atoms with Crippen LogP contribution < -0.4 is 4.74 Å². The molecule has 3 heterocycles. The lowest BCUT2D eigenvalue weighted by molar-refractivity contribution is 0.319. The molecule has 0 amide bonds. The van der Waals surface area contributed by atoms with E-state index in [1.165, 1.54) is 12.8 Å². The first kappa shape index (κ1) is 19.0. The Kier molecular flexibility index (Phi) is 6.24. The molecule has 0 saturated carbocycles. The van der Waals surface area contributed by atoms with Crippen LogP contribution >= 0.6 is 11.8 Å². The number of rotatable bonds is 8. The van der Waals surface area contributed by atoms with Crippen molar-refractivity contribution in [2.24, 2.45) is 0 Å². The summed E-state index contributed by atoms with van der Waals surface area (Å²) in [7, 11) is 0. The summed E-state index contributed by atoms with van der Waals surface area (Å²) in [4.78, 5) is 6.94. The van der Waals surface area contributed by atoms with Crippen molar-refractivity contribution in [3.63, 3.8) is 0 Å². The van der Waals surface area contributed by atoms with E-state index in [1.807, 2.05) is 25.1 Å². The molecular formula is C21H25N5OS. The largest absolute Gasteiger partial charge is 0.492 e. The summed E-state index contributed by atoms with van der Waals surface area (Å²) >= 11 is 1.66. The smallest absolute Gasteiger partial charge is 0.196 e. The third-order valence-electron chi connectivity index (χ3n) is 4.74. The predicted molar refractivity (Wildman–Crippen MR) is 111 cm³/mol. The van der Waals surface area contributed by atoms with Gasteiger partial charge in [0.05, 0.1) is 25.0 Å². The number of ether oxygens (including phenoxy) is 1. The molecule has 4 rings (SSSR count). The van der Waals surface area contributed by atoms with E-state index in [2.05, 4.69) is 48.9 Å². The zero-order chi connectivity index (χ0) is 19.2. The normalized spacial score (nSPS) is 14.5. The number of thioether (sulfide) groups is 1. The highest BCUT2D eigenvalue weighted by molar-refractivity contribution is 7.98. The maximum Gasteiger partial charge on any atom is 0.196 e. The molecule has 2 aromatic heterocycles. The van der Waals surface area contributed by atoms with Gasteiger partial charge in [0.15, 0.2) is 11.0 Å². The Labute approximate surface area is 170 Å². The first-order chi connectivity index (χ1) is 13.8. The number of aromatic nitrogens is 4. The van der Waals surface area contributed by atoms with E-state index in [9.17, 15) is 0 Å². The number of likely N-dealkylation sites (tertiary alicyclic amines) is 1. The number of hydrogen-bond donors (Lipinski definition) is 0. The van der Waals surface area contributed by atoms with Crippen molar-refractivity contribution in [2.75, 3.05) is 19.7 Å². The Balaban J connectivity index is 1.53. The zero-order valence-electron chi connectivity index (χ0n) is 16.1. The summed E-state index contributed by atoms with van der Waals surface area (Å²) in [6.45, 7) is 5.74. The van der Waals surface area contributed by atoms with Crippen LogP contribution in [0.25, 0.3) is 5.69 Å². The average molecular weight is 396 g/mol. The van der Waals surface area contributed by atoms with Crippen LogP contribution in [0, 0.1) is 0 Å². The Morgan fingerprint density at radius 1 is 1.04 bits per heavy atom. The second-order valence-electron chi connectivity index (χ2n) is 6.76. The Bertz CT molecular complexity index is 876. The molecule has 1 fully saturated rings. The molecule has 0 spiro atoms. The van der Waals surface area contributed by atoms with E-state index in [4.69, 9.17) is 4.74 Å². The fourth-order valence-electron chi connectivity index (χ4n) is 3.36. The average Bonchev–Trinajstić information content (AvgIpc) is 3.39. The summed E-state index contributed by atoms with van der Waals surface area (Å²) < 4.78 is 7.64. The number of para-hydroxylation sites is 1. The van der Waals surface area contributed by atoms with Gasteiger partial charge >= 0.3 is 0 Å². The lowest BCUT2D eigenvalue weighted by atomic mass is 10.3. The highest BCUT2D eigenvalue weighted by Crippen LogP contribution is 2.26. The predicted octanol–water partition coefficient (Wildman–Crippen LogP) is 3.95. The van der Waals surface area contributed by atoms with Crippen molar-refractivity contribution in [2.45, 2.75) is 37.2 Å². The van der Waals surface area contributed by atoms with E-state index in [0.717, 1.165) is 53.5 Å². The summed E-state index contributed by atoms with van der Waals surface area (Å²) in [5.74, 6) is 2.54. The molecule has 1 aliphatic rings. The maximum absolute atomic E-state index is 5.47. The summed E-state index contributed by atoms with van der Waals surface area (Å²) in [6.07, 6.45) is 4.31. The molecule has 0 atom stereocenters. The minimum atomic E-state index is 0.649. The van der Waals surface area contributed by atoms with Gasteiger partial charge in [-0.15, -0.1) is 10.2 Å². The molecule has 146 valence electrons. The van der Waals surface area contributed by atoms with Crippen LogP contribution in [0.15, 0.2) is 53.8 Å². The van der Waals surface area contributed by atoms with Gasteiger partial charge in [-0.05, 0) is 57.1 Å². The van der Waals surface area contributed by atoms with Crippen molar-refractivity contribution < 1.29 is 4.74 Å². The summed E-state index contributed by atoms with van der Waals surface area (Å²) in [6, 6.07) is 14.3. The highest BCUT2D eigenvalue weighted by Gasteiger charge is 2.19. The number of benzene rings is 1. The molecule has 1 aliphatic heterocycles. The molecule has 0 radical (unpaired) electrons. The third kappa shape index (κ3) is 4.54. The molecule has 0 bridgehead atoms. The second kappa shape index (κ2) is 9.21. The van der Waals surface area contributed by atoms with Crippen LogP contribution in [0.2, 0.25) is 0 Å². The SMILES string of the molecule is CCOc1ccc(CSc2nnc(CN3CCCC3)n2-c2ccccc2)nc1. The highest BCUT2D eigenvalue weighted by atomic mass is 32.2. The Morgan fingerprint density at radius 3 is 2.57 bits per heavy atom. The van der Waals surface area contributed by atoms with Crippen LogP contribution in [-0.2, 0) is 12.3 Å². The zero-order valence-corrected chi connectivity index (χ0v) is 16.9. The number of hydrogen-bond acceptors (Lipinski definition) is 6. The van der Waals surface area contributed by atoms with E-state index >= 15 is 0 Å². The molecule has 1 saturated heterocycles. The van der Waals surface area contributed by atoms with Crippen molar-refractivity contribution in [3.05, 3.63) is 60.2 Å². The third-order valence-corrected chi connectivity index (χ3v) is 5.70. The number of nitrogens with zero attached hydrogens (tertiary/aromatic N) is 5. The Morgan fingerprint density at radius 2 is 1.86 bits per heavy atom. The van der Waals surface area contributed by atoms with Gasteiger partial charge in [0.25, 0.3) is 0 Å². The van der Waals surface area contributed by atoms with Crippen molar-refractivity contribution in [1.29, 1.82) is 0 Å². The Hall–Kier alpha value is -2.38. The van der Waals surface area contributed by atoms with Gasteiger partial charge in [-0.2, -0.15) is 0 Å². The van der Waals surface area contributed by atoms with Crippen molar-refractivity contribution >= 4 is 11.8 Å². The fraction of sp³-hybridized carbons (Fsp3) is 0.381.